The lowest BCUT2D eigenvalue weighted by Crippen LogP contribution is -2.27. The molecule has 33 heavy (non-hydrogen) atoms. The fraction of sp³-hybridized carbons (Fsp3) is 0.154. The van der Waals surface area contributed by atoms with Crippen LogP contribution in [0, 0.1) is 20.7 Å². The Hall–Kier alpha value is -3.38. The number of nitrogens with one attached hydrogen (secondary N) is 1. The maximum Gasteiger partial charge on any atom is 0.262 e. The SMILES string of the molecule is COc1cc(/C=C(/C#N)C(=O)N[C@@H](C)c2ccccc2)cc(I)c1OCc1ccccc1F. The molecule has 3 rings (SSSR count). The Bertz CT molecular complexity index is 1210. The van der Waals surface area contributed by atoms with E-state index in [0.717, 1.165) is 5.56 Å². The third-order valence-corrected chi connectivity index (χ3v) is 5.71. The predicted octanol–water partition coefficient (Wildman–Crippen LogP) is 5.80. The number of methoxy groups -OCH3 is 1. The first-order valence-corrected chi connectivity index (χ1v) is 11.2. The maximum atomic E-state index is 13.9. The zero-order chi connectivity index (χ0) is 23.8. The van der Waals surface area contributed by atoms with Gasteiger partial charge in [-0.1, -0.05) is 48.5 Å². The van der Waals surface area contributed by atoms with E-state index in [1.54, 1.807) is 30.3 Å². The Morgan fingerprint density at radius 2 is 1.88 bits per heavy atom. The van der Waals surface area contributed by atoms with E-state index in [4.69, 9.17) is 9.47 Å². The van der Waals surface area contributed by atoms with Crippen LogP contribution in [0.1, 0.15) is 29.7 Å². The van der Waals surface area contributed by atoms with Gasteiger partial charge >= 0.3 is 0 Å². The molecule has 7 heteroatoms. The topological polar surface area (TPSA) is 71.3 Å². The number of ether oxygens (including phenoxy) is 2. The number of nitriles is 1. The van der Waals surface area contributed by atoms with Crippen molar-refractivity contribution in [3.05, 3.63) is 98.4 Å². The molecular formula is C26H22FIN2O3. The Balaban J connectivity index is 1.80. The van der Waals surface area contributed by atoms with Crippen molar-refractivity contribution < 1.29 is 18.7 Å². The molecule has 0 heterocycles. The highest BCUT2D eigenvalue weighted by molar-refractivity contribution is 14.1. The number of nitrogens with zero attached hydrogens (tertiary/aromatic N) is 1. The first-order chi connectivity index (χ1) is 15.9. The molecule has 1 amide bonds. The quantitative estimate of drug-likeness (QED) is 0.216. The third kappa shape index (κ3) is 6.33. The molecule has 1 atom stereocenters. The summed E-state index contributed by atoms with van der Waals surface area (Å²) in [5.41, 5.74) is 1.94. The molecule has 0 radical (unpaired) electrons. The molecule has 0 aromatic heterocycles. The molecule has 168 valence electrons. The van der Waals surface area contributed by atoms with Gasteiger partial charge in [-0.15, -0.1) is 0 Å². The number of carbonyl (C=O) groups is 1. The highest BCUT2D eigenvalue weighted by Gasteiger charge is 2.16. The van der Waals surface area contributed by atoms with E-state index in [2.05, 4.69) is 27.9 Å². The van der Waals surface area contributed by atoms with Crippen molar-refractivity contribution in [2.45, 2.75) is 19.6 Å². The number of benzene rings is 3. The average Bonchev–Trinajstić information content (AvgIpc) is 2.82. The molecule has 3 aromatic rings. The summed E-state index contributed by atoms with van der Waals surface area (Å²) in [5.74, 6) is 0.0575. The maximum absolute atomic E-state index is 13.9. The van der Waals surface area contributed by atoms with Crippen LogP contribution in [-0.2, 0) is 11.4 Å². The summed E-state index contributed by atoms with van der Waals surface area (Å²) in [6.07, 6.45) is 1.50. The highest BCUT2D eigenvalue weighted by Crippen LogP contribution is 2.35. The number of halogens is 2. The van der Waals surface area contributed by atoms with Crippen LogP contribution in [0.15, 0.2) is 72.3 Å². The molecule has 3 aromatic carbocycles. The van der Waals surface area contributed by atoms with E-state index < -0.39 is 5.91 Å². The number of amides is 1. The first-order valence-electron chi connectivity index (χ1n) is 10.1. The van der Waals surface area contributed by atoms with Gasteiger partial charge in [-0.3, -0.25) is 4.79 Å². The Morgan fingerprint density at radius 1 is 1.18 bits per heavy atom. The van der Waals surface area contributed by atoms with E-state index >= 15 is 0 Å². The summed E-state index contributed by atoms with van der Waals surface area (Å²) in [7, 11) is 1.49. The fourth-order valence-electron chi connectivity index (χ4n) is 3.14. The summed E-state index contributed by atoms with van der Waals surface area (Å²) < 4.78 is 25.9. The molecule has 0 aliphatic carbocycles. The van der Waals surface area contributed by atoms with Crippen LogP contribution in [0.3, 0.4) is 0 Å². The minimum absolute atomic E-state index is 0.0318. The van der Waals surface area contributed by atoms with Crippen molar-refractivity contribution in [2.75, 3.05) is 7.11 Å². The van der Waals surface area contributed by atoms with Crippen molar-refractivity contribution in [1.29, 1.82) is 5.26 Å². The van der Waals surface area contributed by atoms with Crippen LogP contribution < -0.4 is 14.8 Å². The van der Waals surface area contributed by atoms with Gasteiger partial charge in [0.25, 0.3) is 5.91 Å². The number of rotatable bonds is 8. The van der Waals surface area contributed by atoms with Crippen molar-refractivity contribution in [3.8, 4) is 17.6 Å². The van der Waals surface area contributed by atoms with Gasteiger partial charge in [-0.2, -0.15) is 5.26 Å². The van der Waals surface area contributed by atoms with Crippen molar-refractivity contribution in [2.24, 2.45) is 0 Å². The van der Waals surface area contributed by atoms with Crippen molar-refractivity contribution >= 4 is 34.6 Å². The van der Waals surface area contributed by atoms with Gasteiger partial charge in [0.1, 0.15) is 24.1 Å². The molecule has 1 N–H and O–H groups in total. The third-order valence-electron chi connectivity index (χ3n) is 4.90. The normalized spacial score (nSPS) is 11.9. The van der Waals surface area contributed by atoms with Crippen molar-refractivity contribution in [3.63, 3.8) is 0 Å². The van der Waals surface area contributed by atoms with Gasteiger partial charge < -0.3 is 14.8 Å². The minimum Gasteiger partial charge on any atom is -0.493 e. The molecule has 0 fully saturated rings. The van der Waals surface area contributed by atoms with E-state index in [1.165, 1.54) is 19.3 Å². The zero-order valence-corrected chi connectivity index (χ0v) is 20.3. The van der Waals surface area contributed by atoms with Crippen LogP contribution in [0.25, 0.3) is 6.08 Å². The lowest BCUT2D eigenvalue weighted by Gasteiger charge is -2.15. The summed E-state index contributed by atoms with van der Waals surface area (Å²) in [4.78, 5) is 12.7. The molecule has 0 saturated carbocycles. The van der Waals surface area contributed by atoms with Gasteiger partial charge in [0.15, 0.2) is 11.5 Å². The Morgan fingerprint density at radius 3 is 2.55 bits per heavy atom. The van der Waals surface area contributed by atoms with Gasteiger partial charge in [0.05, 0.1) is 16.7 Å². The second-order valence-electron chi connectivity index (χ2n) is 7.19. The summed E-state index contributed by atoms with van der Waals surface area (Å²) in [5, 5.41) is 12.4. The predicted molar refractivity (Wildman–Crippen MR) is 133 cm³/mol. The zero-order valence-electron chi connectivity index (χ0n) is 18.1. The second-order valence-corrected chi connectivity index (χ2v) is 8.35. The van der Waals surface area contributed by atoms with Crippen LogP contribution in [-0.4, -0.2) is 13.0 Å². The van der Waals surface area contributed by atoms with E-state index in [0.29, 0.717) is 26.2 Å². The van der Waals surface area contributed by atoms with Gasteiger partial charge in [-0.05, 0) is 64.9 Å². The second kappa shape index (κ2) is 11.5. The van der Waals surface area contributed by atoms with Crippen LogP contribution in [0.5, 0.6) is 11.5 Å². The van der Waals surface area contributed by atoms with Crippen LogP contribution >= 0.6 is 22.6 Å². The molecule has 0 spiro atoms. The molecule has 0 aliphatic heterocycles. The van der Waals surface area contributed by atoms with Crippen LogP contribution in [0.4, 0.5) is 4.39 Å². The van der Waals surface area contributed by atoms with E-state index in [9.17, 15) is 14.4 Å². The Kier molecular flexibility index (Phi) is 8.44. The monoisotopic (exact) mass is 556 g/mol. The smallest absolute Gasteiger partial charge is 0.262 e. The lowest BCUT2D eigenvalue weighted by molar-refractivity contribution is -0.117. The van der Waals surface area contributed by atoms with E-state index in [-0.39, 0.29) is 24.0 Å². The minimum atomic E-state index is -0.470. The standard InChI is InChI=1S/C26H22FIN2O3/c1-17(19-8-4-3-5-9-19)30-26(31)21(15-29)12-18-13-23(28)25(24(14-18)32-2)33-16-20-10-6-7-11-22(20)27/h3-14,17H,16H2,1-2H3,(H,30,31)/b21-12-/t17-/m0/s1. The average molecular weight is 556 g/mol. The number of carbonyl (C=O) groups excluding carboxylic acids is 1. The van der Waals surface area contributed by atoms with Gasteiger partial charge in [0, 0.05) is 5.56 Å². The Labute approximate surface area is 206 Å². The molecule has 0 saturated heterocycles. The van der Waals surface area contributed by atoms with Gasteiger partial charge in [0.2, 0.25) is 0 Å². The van der Waals surface area contributed by atoms with Crippen LogP contribution in [0.2, 0.25) is 0 Å². The number of hydrogen-bond donors (Lipinski definition) is 1. The number of hydrogen-bond acceptors (Lipinski definition) is 4. The molecule has 5 nitrogen and oxygen atoms in total. The molecule has 0 unspecified atom stereocenters. The summed E-state index contributed by atoms with van der Waals surface area (Å²) in [6, 6.07) is 21.0. The lowest BCUT2D eigenvalue weighted by atomic mass is 10.1. The first kappa shape index (κ1) is 24.3. The highest BCUT2D eigenvalue weighted by atomic mass is 127. The summed E-state index contributed by atoms with van der Waals surface area (Å²) >= 11 is 2.08. The molecule has 0 aliphatic rings. The van der Waals surface area contributed by atoms with Gasteiger partial charge in [-0.25, -0.2) is 4.39 Å². The fourth-order valence-corrected chi connectivity index (χ4v) is 3.92. The van der Waals surface area contributed by atoms with E-state index in [1.807, 2.05) is 43.3 Å². The van der Waals surface area contributed by atoms with Crippen molar-refractivity contribution in [1.82, 2.24) is 5.32 Å². The molecular weight excluding hydrogens is 534 g/mol. The summed E-state index contributed by atoms with van der Waals surface area (Å²) in [6.45, 7) is 1.90. The largest absolute Gasteiger partial charge is 0.493 e. The molecule has 0 bridgehead atoms.